The lowest BCUT2D eigenvalue weighted by Gasteiger charge is -2.37. The lowest BCUT2D eigenvalue weighted by atomic mass is 9.87. The van der Waals surface area contributed by atoms with Crippen molar-refractivity contribution in [1.29, 1.82) is 0 Å². The van der Waals surface area contributed by atoms with Crippen LogP contribution in [0.3, 0.4) is 0 Å². The standard InChI is InChI=1S/C11H23N3O/c1-14-5-2-9(3-6-14)11(12)10-8-13-4-7-15-10/h9-11,13H,2-8,12H2,1H3. The maximum atomic E-state index is 6.29. The Morgan fingerprint density at radius 3 is 2.73 bits per heavy atom. The van der Waals surface area contributed by atoms with Gasteiger partial charge in [0.15, 0.2) is 0 Å². The molecule has 4 nitrogen and oxygen atoms in total. The van der Waals surface area contributed by atoms with E-state index in [1.165, 1.54) is 25.9 Å². The number of likely N-dealkylation sites (tertiary alicyclic amines) is 1. The van der Waals surface area contributed by atoms with Crippen LogP contribution in [0.25, 0.3) is 0 Å². The van der Waals surface area contributed by atoms with Crippen molar-refractivity contribution in [3.63, 3.8) is 0 Å². The lowest BCUT2D eigenvalue weighted by molar-refractivity contribution is -0.00677. The second-order valence-corrected chi connectivity index (χ2v) is 4.83. The fourth-order valence-electron chi connectivity index (χ4n) is 2.55. The van der Waals surface area contributed by atoms with Crippen LogP contribution in [0.5, 0.6) is 0 Å². The fraction of sp³-hybridized carbons (Fsp3) is 1.00. The van der Waals surface area contributed by atoms with Crippen LogP contribution >= 0.6 is 0 Å². The van der Waals surface area contributed by atoms with Crippen LogP contribution in [0.2, 0.25) is 0 Å². The average Bonchev–Trinajstić information content (AvgIpc) is 2.30. The summed E-state index contributed by atoms with van der Waals surface area (Å²) in [5, 5.41) is 3.35. The molecule has 0 aromatic rings. The number of nitrogens with two attached hydrogens (primary N) is 1. The van der Waals surface area contributed by atoms with Crippen molar-refractivity contribution in [3.05, 3.63) is 0 Å². The van der Waals surface area contributed by atoms with Gasteiger partial charge in [-0.15, -0.1) is 0 Å². The molecule has 3 N–H and O–H groups in total. The molecule has 0 aromatic heterocycles. The van der Waals surface area contributed by atoms with Crippen molar-refractivity contribution in [2.75, 3.05) is 39.8 Å². The molecule has 0 aromatic carbocycles. The van der Waals surface area contributed by atoms with E-state index >= 15 is 0 Å². The first-order chi connectivity index (χ1) is 7.27. The Morgan fingerprint density at radius 1 is 1.40 bits per heavy atom. The van der Waals surface area contributed by atoms with Crippen molar-refractivity contribution < 1.29 is 4.74 Å². The van der Waals surface area contributed by atoms with Crippen LogP contribution in [-0.2, 0) is 4.74 Å². The maximum absolute atomic E-state index is 6.29. The Morgan fingerprint density at radius 2 is 2.13 bits per heavy atom. The van der Waals surface area contributed by atoms with Crippen molar-refractivity contribution >= 4 is 0 Å². The Hall–Kier alpha value is -0.160. The van der Waals surface area contributed by atoms with E-state index < -0.39 is 0 Å². The van der Waals surface area contributed by atoms with Crippen molar-refractivity contribution in [1.82, 2.24) is 10.2 Å². The molecule has 2 aliphatic heterocycles. The zero-order valence-electron chi connectivity index (χ0n) is 9.61. The zero-order chi connectivity index (χ0) is 10.7. The molecule has 0 amide bonds. The van der Waals surface area contributed by atoms with Gasteiger partial charge in [0, 0.05) is 19.1 Å². The van der Waals surface area contributed by atoms with Gasteiger partial charge in [-0.2, -0.15) is 0 Å². The SMILES string of the molecule is CN1CCC(C(N)C2CNCCO2)CC1. The van der Waals surface area contributed by atoms with E-state index in [1.807, 2.05) is 0 Å². The van der Waals surface area contributed by atoms with Gasteiger partial charge in [0.1, 0.15) is 0 Å². The molecular formula is C11H23N3O. The first kappa shape index (κ1) is 11.3. The van der Waals surface area contributed by atoms with Gasteiger partial charge in [-0.05, 0) is 38.9 Å². The topological polar surface area (TPSA) is 50.5 Å². The molecule has 2 aliphatic rings. The number of nitrogens with zero attached hydrogens (tertiary/aromatic N) is 1. The molecule has 2 heterocycles. The van der Waals surface area contributed by atoms with E-state index in [4.69, 9.17) is 10.5 Å². The third kappa shape index (κ3) is 2.91. The van der Waals surface area contributed by atoms with E-state index in [-0.39, 0.29) is 12.1 Å². The van der Waals surface area contributed by atoms with Gasteiger partial charge in [0.05, 0.1) is 12.7 Å². The fourth-order valence-corrected chi connectivity index (χ4v) is 2.55. The maximum Gasteiger partial charge on any atom is 0.0853 e. The van der Waals surface area contributed by atoms with Crippen LogP contribution in [0.4, 0.5) is 0 Å². The third-order valence-electron chi connectivity index (χ3n) is 3.69. The summed E-state index contributed by atoms with van der Waals surface area (Å²) in [5.41, 5.74) is 6.29. The molecule has 2 fully saturated rings. The molecule has 4 heteroatoms. The molecule has 2 unspecified atom stereocenters. The molecule has 0 aliphatic carbocycles. The molecule has 2 atom stereocenters. The summed E-state index contributed by atoms with van der Waals surface area (Å²) in [5.74, 6) is 0.645. The van der Waals surface area contributed by atoms with E-state index in [9.17, 15) is 0 Å². The highest BCUT2D eigenvalue weighted by atomic mass is 16.5. The van der Waals surface area contributed by atoms with Gasteiger partial charge in [0.25, 0.3) is 0 Å². The number of hydrogen-bond acceptors (Lipinski definition) is 4. The Balaban J connectivity index is 1.81. The van der Waals surface area contributed by atoms with Crippen LogP contribution in [-0.4, -0.2) is 56.9 Å². The van der Waals surface area contributed by atoms with E-state index in [1.54, 1.807) is 0 Å². The largest absolute Gasteiger partial charge is 0.374 e. The van der Waals surface area contributed by atoms with Crippen LogP contribution in [0, 0.1) is 5.92 Å². The number of ether oxygens (including phenoxy) is 1. The molecule has 0 bridgehead atoms. The zero-order valence-corrected chi connectivity index (χ0v) is 9.61. The van der Waals surface area contributed by atoms with Crippen molar-refractivity contribution in [3.8, 4) is 0 Å². The van der Waals surface area contributed by atoms with E-state index in [0.717, 1.165) is 19.7 Å². The van der Waals surface area contributed by atoms with Gasteiger partial charge in [0.2, 0.25) is 0 Å². The van der Waals surface area contributed by atoms with Gasteiger partial charge >= 0.3 is 0 Å². The summed E-state index contributed by atoms with van der Waals surface area (Å²) in [7, 11) is 2.18. The number of nitrogens with one attached hydrogen (secondary N) is 1. The van der Waals surface area contributed by atoms with Crippen molar-refractivity contribution in [2.45, 2.75) is 25.0 Å². The minimum Gasteiger partial charge on any atom is -0.374 e. The second-order valence-electron chi connectivity index (χ2n) is 4.83. The van der Waals surface area contributed by atoms with Crippen LogP contribution in [0.15, 0.2) is 0 Å². The first-order valence-corrected chi connectivity index (χ1v) is 6.04. The first-order valence-electron chi connectivity index (χ1n) is 6.04. The Bertz CT molecular complexity index is 186. The predicted molar refractivity (Wildman–Crippen MR) is 60.8 cm³/mol. The van der Waals surface area contributed by atoms with Gasteiger partial charge in [-0.1, -0.05) is 0 Å². The summed E-state index contributed by atoms with van der Waals surface area (Å²) in [6, 6.07) is 0.214. The van der Waals surface area contributed by atoms with Crippen molar-refractivity contribution in [2.24, 2.45) is 11.7 Å². The number of rotatable bonds is 2. The second kappa shape index (κ2) is 5.25. The number of morpholine rings is 1. The number of piperidine rings is 1. The summed E-state index contributed by atoms with van der Waals surface area (Å²) < 4.78 is 5.72. The summed E-state index contributed by atoms with van der Waals surface area (Å²) >= 11 is 0. The Kier molecular flexibility index (Phi) is 3.97. The monoisotopic (exact) mass is 213 g/mol. The smallest absolute Gasteiger partial charge is 0.0853 e. The molecule has 2 rings (SSSR count). The predicted octanol–water partition coefficient (Wildman–Crippen LogP) is -0.356. The number of hydrogen-bond donors (Lipinski definition) is 2. The molecule has 15 heavy (non-hydrogen) atoms. The highest BCUT2D eigenvalue weighted by Crippen LogP contribution is 2.21. The summed E-state index contributed by atoms with van der Waals surface area (Å²) in [4.78, 5) is 2.38. The normalized spacial score (nSPS) is 32.8. The minimum absolute atomic E-state index is 0.214. The van der Waals surface area contributed by atoms with Gasteiger partial charge in [-0.3, -0.25) is 0 Å². The molecule has 0 radical (unpaired) electrons. The van der Waals surface area contributed by atoms with Crippen LogP contribution in [0.1, 0.15) is 12.8 Å². The lowest BCUT2D eigenvalue weighted by Crippen LogP contribution is -2.53. The minimum atomic E-state index is 0.214. The quantitative estimate of drug-likeness (QED) is 0.658. The Labute approximate surface area is 92.1 Å². The molecule has 2 saturated heterocycles. The molecule has 88 valence electrons. The third-order valence-corrected chi connectivity index (χ3v) is 3.69. The van der Waals surface area contributed by atoms with Gasteiger partial charge < -0.3 is 20.7 Å². The summed E-state index contributed by atoms with van der Waals surface area (Å²) in [6.45, 7) is 5.06. The molecular weight excluding hydrogens is 190 g/mol. The molecule has 0 saturated carbocycles. The average molecular weight is 213 g/mol. The summed E-state index contributed by atoms with van der Waals surface area (Å²) in [6.07, 6.45) is 2.67. The van der Waals surface area contributed by atoms with E-state index in [2.05, 4.69) is 17.3 Å². The highest BCUT2D eigenvalue weighted by molar-refractivity contribution is 4.87. The highest BCUT2D eigenvalue weighted by Gasteiger charge is 2.30. The van der Waals surface area contributed by atoms with Crippen LogP contribution < -0.4 is 11.1 Å². The van der Waals surface area contributed by atoms with E-state index in [0.29, 0.717) is 5.92 Å². The van der Waals surface area contributed by atoms with Gasteiger partial charge in [-0.25, -0.2) is 0 Å². The molecule has 0 spiro atoms.